The number of para-hydroxylation sites is 1. The minimum absolute atomic E-state index is 0.00500. The van der Waals surface area contributed by atoms with Crippen LogP contribution in [0, 0.1) is 0 Å². The van der Waals surface area contributed by atoms with Crippen molar-refractivity contribution >= 4 is 11.6 Å². The summed E-state index contributed by atoms with van der Waals surface area (Å²) in [6, 6.07) is 14.5. The summed E-state index contributed by atoms with van der Waals surface area (Å²) in [4.78, 5) is 13.8. The number of amides is 1. The Hall–Kier alpha value is -2.53. The molecule has 1 aliphatic heterocycles. The van der Waals surface area contributed by atoms with E-state index in [4.69, 9.17) is 9.47 Å². The topological polar surface area (TPSA) is 59.0 Å². The molecule has 22 heavy (non-hydrogen) atoms. The lowest BCUT2D eigenvalue weighted by atomic mass is 10.1. The summed E-state index contributed by atoms with van der Waals surface area (Å²) in [6.07, 6.45) is -0.876. The van der Waals surface area contributed by atoms with Crippen molar-refractivity contribution in [2.45, 2.75) is 12.5 Å². The lowest BCUT2D eigenvalue weighted by Crippen LogP contribution is -2.27. The van der Waals surface area contributed by atoms with Gasteiger partial charge in [-0.2, -0.15) is 0 Å². The van der Waals surface area contributed by atoms with Gasteiger partial charge in [-0.3, -0.25) is 4.79 Å². The maximum atomic E-state index is 12.3. The number of benzene rings is 2. The Kier molecular flexibility index (Phi) is 3.98. The molecule has 0 spiro atoms. The number of aliphatic hydroxyl groups is 1. The number of anilines is 1. The molecule has 0 saturated heterocycles. The molecule has 0 aliphatic carbocycles. The Labute approximate surface area is 128 Å². The first-order valence-corrected chi connectivity index (χ1v) is 7.04. The number of nitrogens with zero attached hydrogens (tertiary/aromatic N) is 1. The van der Waals surface area contributed by atoms with Crippen molar-refractivity contribution in [3.8, 4) is 11.5 Å². The molecule has 2 aromatic rings. The van der Waals surface area contributed by atoms with Crippen molar-refractivity contribution in [2.24, 2.45) is 0 Å². The van der Waals surface area contributed by atoms with E-state index in [-0.39, 0.29) is 19.1 Å². The number of rotatable bonds is 4. The number of fused-ring (bicyclic) bond motifs is 1. The van der Waals surface area contributed by atoms with E-state index in [1.807, 2.05) is 30.3 Å². The van der Waals surface area contributed by atoms with Gasteiger partial charge in [-0.05, 0) is 29.8 Å². The molecule has 1 amide bonds. The molecule has 1 heterocycles. The first-order chi connectivity index (χ1) is 10.6. The van der Waals surface area contributed by atoms with Crippen molar-refractivity contribution in [1.29, 1.82) is 0 Å². The Bertz CT molecular complexity index is 672. The van der Waals surface area contributed by atoms with Gasteiger partial charge in [-0.1, -0.05) is 24.3 Å². The molecule has 0 saturated carbocycles. The second kappa shape index (κ2) is 6.07. The Balaban J connectivity index is 1.68. The smallest absolute Gasteiger partial charge is 0.231 e. The molecule has 1 atom stereocenters. The summed E-state index contributed by atoms with van der Waals surface area (Å²) >= 11 is 0. The standard InChI is InChI=1S/C17H17NO4/c1-18(13-5-3-2-4-6-13)17(20)10-14(19)12-7-8-15-16(9-12)22-11-21-15/h2-9,14,19H,10-11H2,1H3/t14-/m1/s1. The number of carbonyl (C=O) groups excluding carboxylic acids is 1. The zero-order valence-electron chi connectivity index (χ0n) is 12.2. The molecule has 0 aromatic heterocycles. The van der Waals surface area contributed by atoms with Gasteiger partial charge in [-0.15, -0.1) is 0 Å². The van der Waals surface area contributed by atoms with Gasteiger partial charge in [0.2, 0.25) is 12.7 Å². The third-order valence-electron chi connectivity index (χ3n) is 3.67. The molecule has 0 bridgehead atoms. The maximum absolute atomic E-state index is 12.3. The van der Waals surface area contributed by atoms with Gasteiger partial charge in [0.1, 0.15) is 0 Å². The molecule has 1 aliphatic rings. The van der Waals surface area contributed by atoms with Gasteiger partial charge in [0, 0.05) is 12.7 Å². The van der Waals surface area contributed by atoms with Crippen LogP contribution >= 0.6 is 0 Å². The molecule has 2 aromatic carbocycles. The van der Waals surface area contributed by atoms with Gasteiger partial charge in [-0.25, -0.2) is 0 Å². The largest absolute Gasteiger partial charge is 0.454 e. The molecule has 3 rings (SSSR count). The van der Waals surface area contributed by atoms with E-state index in [9.17, 15) is 9.90 Å². The fourth-order valence-electron chi connectivity index (χ4n) is 2.34. The maximum Gasteiger partial charge on any atom is 0.231 e. The number of hydrogen-bond acceptors (Lipinski definition) is 4. The minimum Gasteiger partial charge on any atom is -0.454 e. The summed E-state index contributed by atoms with van der Waals surface area (Å²) < 4.78 is 10.5. The number of aliphatic hydroxyl groups excluding tert-OH is 1. The molecule has 114 valence electrons. The highest BCUT2D eigenvalue weighted by Crippen LogP contribution is 2.34. The quantitative estimate of drug-likeness (QED) is 0.942. The number of hydrogen-bond donors (Lipinski definition) is 1. The average molecular weight is 299 g/mol. The fourth-order valence-corrected chi connectivity index (χ4v) is 2.34. The van der Waals surface area contributed by atoms with Gasteiger partial charge in [0.05, 0.1) is 12.5 Å². The number of ether oxygens (including phenoxy) is 2. The van der Waals surface area contributed by atoms with Crippen LogP contribution in [0.2, 0.25) is 0 Å². The molecular weight excluding hydrogens is 282 g/mol. The van der Waals surface area contributed by atoms with E-state index in [0.717, 1.165) is 5.69 Å². The van der Waals surface area contributed by atoms with Crippen LogP contribution in [0.15, 0.2) is 48.5 Å². The Morgan fingerprint density at radius 3 is 2.68 bits per heavy atom. The molecule has 5 nitrogen and oxygen atoms in total. The predicted octanol–water partition coefficient (Wildman–Crippen LogP) is 2.50. The van der Waals surface area contributed by atoms with Gasteiger partial charge < -0.3 is 19.5 Å². The molecule has 5 heteroatoms. The second-order valence-corrected chi connectivity index (χ2v) is 5.12. The van der Waals surface area contributed by atoms with E-state index >= 15 is 0 Å². The van der Waals surface area contributed by atoms with Crippen LogP contribution in [0.4, 0.5) is 5.69 Å². The van der Waals surface area contributed by atoms with Crippen LogP contribution in [-0.2, 0) is 4.79 Å². The highest BCUT2D eigenvalue weighted by molar-refractivity contribution is 5.93. The zero-order valence-corrected chi connectivity index (χ0v) is 12.2. The van der Waals surface area contributed by atoms with Crippen LogP contribution in [0.3, 0.4) is 0 Å². The van der Waals surface area contributed by atoms with E-state index in [0.29, 0.717) is 17.1 Å². The van der Waals surface area contributed by atoms with Crippen molar-refractivity contribution in [1.82, 2.24) is 0 Å². The molecule has 0 radical (unpaired) electrons. The van der Waals surface area contributed by atoms with Crippen molar-refractivity contribution in [3.05, 3.63) is 54.1 Å². The van der Waals surface area contributed by atoms with E-state index < -0.39 is 6.10 Å². The predicted molar refractivity (Wildman–Crippen MR) is 82.0 cm³/mol. The highest BCUT2D eigenvalue weighted by atomic mass is 16.7. The lowest BCUT2D eigenvalue weighted by molar-refractivity contribution is -0.120. The van der Waals surface area contributed by atoms with E-state index in [2.05, 4.69) is 0 Å². The Morgan fingerprint density at radius 1 is 1.18 bits per heavy atom. The molecule has 0 unspecified atom stereocenters. The lowest BCUT2D eigenvalue weighted by Gasteiger charge is -2.19. The highest BCUT2D eigenvalue weighted by Gasteiger charge is 2.20. The van der Waals surface area contributed by atoms with Gasteiger partial charge in [0.25, 0.3) is 0 Å². The van der Waals surface area contributed by atoms with Crippen LogP contribution in [0.25, 0.3) is 0 Å². The second-order valence-electron chi connectivity index (χ2n) is 5.12. The zero-order chi connectivity index (χ0) is 15.5. The van der Waals surface area contributed by atoms with Gasteiger partial charge in [0.15, 0.2) is 11.5 Å². The average Bonchev–Trinajstić information content (AvgIpc) is 3.02. The summed E-state index contributed by atoms with van der Waals surface area (Å²) in [5.74, 6) is 1.10. The Morgan fingerprint density at radius 2 is 1.91 bits per heavy atom. The molecule has 1 N–H and O–H groups in total. The summed E-state index contributed by atoms with van der Waals surface area (Å²) in [5.41, 5.74) is 1.43. The van der Waals surface area contributed by atoms with Crippen LogP contribution in [0.5, 0.6) is 11.5 Å². The van der Waals surface area contributed by atoms with Crippen molar-refractivity contribution in [3.63, 3.8) is 0 Å². The minimum atomic E-state index is -0.881. The van der Waals surface area contributed by atoms with E-state index in [1.54, 1.807) is 25.2 Å². The molecular formula is C17H17NO4. The monoisotopic (exact) mass is 299 g/mol. The third kappa shape index (κ3) is 2.89. The normalized spacial score (nSPS) is 13.7. The fraction of sp³-hybridized carbons (Fsp3) is 0.235. The van der Waals surface area contributed by atoms with Crippen LogP contribution in [-0.4, -0.2) is 24.9 Å². The first-order valence-electron chi connectivity index (χ1n) is 7.04. The summed E-state index contributed by atoms with van der Waals surface area (Å²) in [7, 11) is 1.70. The third-order valence-corrected chi connectivity index (χ3v) is 3.67. The van der Waals surface area contributed by atoms with E-state index in [1.165, 1.54) is 4.90 Å². The van der Waals surface area contributed by atoms with Crippen molar-refractivity contribution < 1.29 is 19.4 Å². The SMILES string of the molecule is CN(C(=O)C[C@@H](O)c1ccc2c(c1)OCO2)c1ccccc1. The van der Waals surface area contributed by atoms with Crippen LogP contribution < -0.4 is 14.4 Å². The van der Waals surface area contributed by atoms with Gasteiger partial charge >= 0.3 is 0 Å². The summed E-state index contributed by atoms with van der Waals surface area (Å²) in [5, 5.41) is 10.3. The summed E-state index contributed by atoms with van der Waals surface area (Å²) in [6.45, 7) is 0.185. The van der Waals surface area contributed by atoms with Crippen LogP contribution in [0.1, 0.15) is 18.1 Å². The van der Waals surface area contributed by atoms with Crippen molar-refractivity contribution in [2.75, 3.05) is 18.7 Å². The number of carbonyl (C=O) groups is 1. The first kappa shape index (κ1) is 14.4. The molecule has 0 fully saturated rings.